The van der Waals surface area contributed by atoms with Crippen LogP contribution in [-0.4, -0.2) is 101 Å². The average Bonchev–Trinajstić information content (AvgIpc) is 3.04. The second kappa shape index (κ2) is 11.6. The average molecular weight is 608 g/mol. The molecular weight excluding hydrogens is 578 g/mol. The molecule has 3 aliphatic heterocycles. The highest BCUT2D eigenvalue weighted by Crippen LogP contribution is 2.45. The van der Waals surface area contributed by atoms with Crippen molar-refractivity contribution >= 4 is 70.1 Å². The van der Waals surface area contributed by atoms with Gasteiger partial charge >= 0.3 is 12.2 Å². The van der Waals surface area contributed by atoms with Gasteiger partial charge < -0.3 is 24.0 Å². The van der Waals surface area contributed by atoms with E-state index in [-0.39, 0.29) is 30.3 Å². The third kappa shape index (κ3) is 6.12. The largest absolute Gasteiger partial charge is 0.444 e. The van der Waals surface area contributed by atoms with Crippen LogP contribution in [0.3, 0.4) is 0 Å². The van der Waals surface area contributed by atoms with Gasteiger partial charge in [0.2, 0.25) is 6.23 Å². The number of thioether (sulfide) groups is 2. The highest BCUT2D eigenvalue weighted by atomic mass is 35.5. The number of carbonyl (C=O) groups excluding carboxylic acids is 3. The number of rotatable bonds is 3. The molecule has 0 saturated carbocycles. The number of halogens is 1. The molecule has 2 aromatic rings. The second-order valence-electron chi connectivity index (χ2n) is 10.4. The Hall–Kier alpha value is -2.74. The zero-order chi connectivity index (χ0) is 28.6. The number of pyridine rings is 2. The van der Waals surface area contributed by atoms with Crippen LogP contribution in [0.5, 0.6) is 0 Å². The SMILES string of the molecule is COC1CSC2=C(SC1)C(OC(=O)N1CCN(C(=O)OC(C)(C)C)CC1)N(c1ccc3ccc(Cl)nc3n1)C2=O. The van der Waals surface area contributed by atoms with Crippen molar-refractivity contribution in [3.05, 3.63) is 39.2 Å². The normalized spacial score (nSPS) is 21.9. The number of carbonyl (C=O) groups is 3. The van der Waals surface area contributed by atoms with Gasteiger partial charge in [-0.2, -0.15) is 0 Å². The number of aromatic nitrogens is 2. The van der Waals surface area contributed by atoms with Crippen molar-refractivity contribution < 1.29 is 28.6 Å². The quantitative estimate of drug-likeness (QED) is 0.466. The first-order valence-electron chi connectivity index (χ1n) is 12.8. The fraction of sp³-hybridized carbons (Fsp3) is 0.500. The van der Waals surface area contributed by atoms with E-state index in [1.165, 1.54) is 33.3 Å². The molecule has 5 rings (SSSR count). The van der Waals surface area contributed by atoms with Gasteiger partial charge in [0.05, 0.1) is 15.9 Å². The molecule has 214 valence electrons. The van der Waals surface area contributed by atoms with Gasteiger partial charge in [0.15, 0.2) is 5.65 Å². The Bertz CT molecular complexity index is 1360. The molecular formula is C26H30ClN5O6S2. The van der Waals surface area contributed by atoms with Crippen LogP contribution >= 0.6 is 35.1 Å². The van der Waals surface area contributed by atoms with Gasteiger partial charge in [0, 0.05) is 50.2 Å². The maximum Gasteiger partial charge on any atom is 0.412 e. The van der Waals surface area contributed by atoms with E-state index in [4.69, 9.17) is 25.8 Å². The van der Waals surface area contributed by atoms with Crippen molar-refractivity contribution in [3.8, 4) is 0 Å². The minimum absolute atomic E-state index is 0.0516. The van der Waals surface area contributed by atoms with Crippen LogP contribution < -0.4 is 4.90 Å². The standard InChI is InChI=1S/C26H30ClN5O6S2/c1-26(2,3)38-25(35)31-11-9-30(10-12-31)24(34)37-23-20-19(39-13-16(36-4)14-40-20)22(33)32(23)18-8-6-15-5-7-17(27)28-21(15)29-18/h5-8,16,23H,9-14H2,1-4H3. The molecule has 3 amide bonds. The lowest BCUT2D eigenvalue weighted by atomic mass is 10.2. The number of ether oxygens (including phenoxy) is 3. The minimum Gasteiger partial charge on any atom is -0.444 e. The van der Waals surface area contributed by atoms with Crippen molar-refractivity contribution in [1.82, 2.24) is 19.8 Å². The smallest absolute Gasteiger partial charge is 0.412 e. The highest BCUT2D eigenvalue weighted by Gasteiger charge is 2.46. The molecule has 40 heavy (non-hydrogen) atoms. The van der Waals surface area contributed by atoms with Crippen LogP contribution in [0.1, 0.15) is 20.8 Å². The summed E-state index contributed by atoms with van der Waals surface area (Å²) in [7, 11) is 1.64. The van der Waals surface area contributed by atoms with Crippen LogP contribution in [0.25, 0.3) is 11.0 Å². The molecule has 2 unspecified atom stereocenters. The Labute approximate surface area is 245 Å². The monoisotopic (exact) mass is 607 g/mol. The summed E-state index contributed by atoms with van der Waals surface area (Å²) >= 11 is 8.92. The van der Waals surface area contributed by atoms with Crippen molar-refractivity contribution in [2.45, 2.75) is 38.7 Å². The molecule has 0 N–H and O–H groups in total. The molecule has 0 aliphatic carbocycles. The van der Waals surface area contributed by atoms with Crippen molar-refractivity contribution in [3.63, 3.8) is 0 Å². The first kappa shape index (κ1) is 28.8. The van der Waals surface area contributed by atoms with Crippen LogP contribution in [-0.2, 0) is 19.0 Å². The lowest BCUT2D eigenvalue weighted by Gasteiger charge is -2.36. The summed E-state index contributed by atoms with van der Waals surface area (Å²) in [6.45, 7) is 6.59. The predicted octanol–water partition coefficient (Wildman–Crippen LogP) is 4.35. The van der Waals surface area contributed by atoms with Gasteiger partial charge in [-0.05, 0) is 45.0 Å². The summed E-state index contributed by atoms with van der Waals surface area (Å²) < 4.78 is 17.0. The zero-order valence-electron chi connectivity index (χ0n) is 22.6. The molecule has 2 atom stereocenters. The fourth-order valence-electron chi connectivity index (χ4n) is 4.36. The summed E-state index contributed by atoms with van der Waals surface area (Å²) in [4.78, 5) is 54.1. The lowest BCUT2D eigenvalue weighted by molar-refractivity contribution is -0.115. The summed E-state index contributed by atoms with van der Waals surface area (Å²) in [5, 5.41) is 1.04. The first-order valence-corrected chi connectivity index (χ1v) is 15.1. The van der Waals surface area contributed by atoms with Gasteiger partial charge in [-0.1, -0.05) is 11.6 Å². The molecule has 11 nitrogen and oxygen atoms in total. The number of amides is 3. The predicted molar refractivity (Wildman–Crippen MR) is 154 cm³/mol. The van der Waals surface area contributed by atoms with Crippen LogP contribution in [0.2, 0.25) is 5.15 Å². The molecule has 0 radical (unpaired) electrons. The van der Waals surface area contributed by atoms with Crippen molar-refractivity contribution in [2.24, 2.45) is 0 Å². The number of methoxy groups -OCH3 is 1. The number of fused-ring (bicyclic) bond motifs is 1. The van der Waals surface area contributed by atoms with E-state index in [0.717, 1.165) is 5.39 Å². The summed E-state index contributed by atoms with van der Waals surface area (Å²) in [6.07, 6.45) is -2.06. The second-order valence-corrected chi connectivity index (χ2v) is 12.9. The Kier molecular flexibility index (Phi) is 8.37. The van der Waals surface area contributed by atoms with Gasteiger partial charge in [-0.15, -0.1) is 23.5 Å². The maximum absolute atomic E-state index is 13.7. The Balaban J connectivity index is 1.37. The molecule has 14 heteroatoms. The summed E-state index contributed by atoms with van der Waals surface area (Å²) in [5.41, 5.74) is -0.228. The molecule has 3 aliphatic rings. The number of piperazine rings is 1. The number of nitrogens with zero attached hydrogens (tertiary/aromatic N) is 5. The van der Waals surface area contributed by atoms with Crippen molar-refractivity contribution in [2.75, 3.05) is 49.7 Å². The fourth-order valence-corrected chi connectivity index (χ4v) is 7.21. The molecule has 5 heterocycles. The maximum atomic E-state index is 13.7. The van der Waals surface area contributed by atoms with Crippen LogP contribution in [0.15, 0.2) is 34.1 Å². The lowest BCUT2D eigenvalue weighted by Crippen LogP contribution is -2.53. The van der Waals surface area contributed by atoms with Crippen LogP contribution in [0, 0.1) is 0 Å². The zero-order valence-corrected chi connectivity index (χ0v) is 25.0. The van der Waals surface area contributed by atoms with E-state index in [1.54, 1.807) is 36.3 Å². The third-order valence-electron chi connectivity index (χ3n) is 6.42. The number of hydrogen-bond acceptors (Lipinski definition) is 10. The third-order valence-corrected chi connectivity index (χ3v) is 9.24. The molecule has 0 spiro atoms. The Morgan fingerprint density at radius 1 is 0.975 bits per heavy atom. The van der Waals surface area contributed by atoms with E-state index >= 15 is 0 Å². The Morgan fingerprint density at radius 2 is 1.62 bits per heavy atom. The molecule has 1 fully saturated rings. The topological polar surface area (TPSA) is 114 Å². The summed E-state index contributed by atoms with van der Waals surface area (Å²) in [6, 6.07) is 6.97. The molecule has 0 bridgehead atoms. The number of anilines is 1. The van der Waals surface area contributed by atoms with E-state index in [2.05, 4.69) is 9.97 Å². The molecule has 1 saturated heterocycles. The molecule has 2 aromatic heterocycles. The van der Waals surface area contributed by atoms with E-state index in [1.807, 2.05) is 20.8 Å². The molecule has 0 aromatic carbocycles. The van der Waals surface area contributed by atoms with E-state index in [0.29, 0.717) is 45.9 Å². The Morgan fingerprint density at radius 3 is 2.30 bits per heavy atom. The van der Waals surface area contributed by atoms with Gasteiger partial charge in [0.1, 0.15) is 16.6 Å². The minimum atomic E-state index is -1.00. The first-order chi connectivity index (χ1) is 19.0. The van der Waals surface area contributed by atoms with Crippen molar-refractivity contribution in [1.29, 1.82) is 0 Å². The summed E-state index contributed by atoms with van der Waals surface area (Å²) in [5.74, 6) is 1.20. The van der Waals surface area contributed by atoms with Gasteiger partial charge in [-0.25, -0.2) is 24.5 Å². The van der Waals surface area contributed by atoms with Gasteiger partial charge in [0.25, 0.3) is 5.91 Å². The van der Waals surface area contributed by atoms with Crippen LogP contribution in [0.4, 0.5) is 15.4 Å². The number of hydrogen-bond donors (Lipinski definition) is 0. The van der Waals surface area contributed by atoms with Gasteiger partial charge in [-0.3, -0.25) is 4.79 Å². The van der Waals surface area contributed by atoms with E-state index in [9.17, 15) is 14.4 Å². The van der Waals surface area contributed by atoms with E-state index < -0.39 is 24.0 Å². The highest BCUT2D eigenvalue weighted by molar-refractivity contribution is 8.08.